The molecule has 146 valence electrons. The normalized spacial score (nSPS) is 12.7. The van der Waals surface area contributed by atoms with E-state index in [-0.39, 0.29) is 23.3 Å². The van der Waals surface area contributed by atoms with Crippen LogP contribution in [0.1, 0.15) is 11.3 Å². The van der Waals surface area contributed by atoms with Gasteiger partial charge >= 0.3 is 0 Å². The molecular formula is C20H13Cl2FN4O2. The summed E-state index contributed by atoms with van der Waals surface area (Å²) < 4.78 is 19.3. The van der Waals surface area contributed by atoms with E-state index in [0.717, 1.165) is 0 Å². The lowest BCUT2D eigenvalue weighted by atomic mass is 10.1. The zero-order valence-corrected chi connectivity index (χ0v) is 16.6. The van der Waals surface area contributed by atoms with Crippen LogP contribution in [-0.2, 0) is 11.3 Å². The molecule has 2 aromatic heterocycles. The van der Waals surface area contributed by atoms with Gasteiger partial charge in [-0.15, -0.1) is 0 Å². The maximum atomic E-state index is 13.9. The fourth-order valence-corrected chi connectivity index (χ4v) is 3.41. The van der Waals surface area contributed by atoms with Gasteiger partial charge in [0, 0.05) is 11.8 Å². The average Bonchev–Trinajstić information content (AvgIpc) is 3.08. The van der Waals surface area contributed by atoms with Crippen LogP contribution in [0.15, 0.2) is 36.5 Å². The summed E-state index contributed by atoms with van der Waals surface area (Å²) in [5.41, 5.74) is 1.86. The summed E-state index contributed by atoms with van der Waals surface area (Å²) in [7, 11) is 1.44. The highest BCUT2D eigenvalue weighted by molar-refractivity contribution is 6.31. The van der Waals surface area contributed by atoms with Crippen LogP contribution in [0.2, 0.25) is 10.0 Å². The van der Waals surface area contributed by atoms with E-state index in [9.17, 15) is 9.18 Å². The topological polar surface area (TPSA) is 68.2 Å². The maximum absolute atomic E-state index is 13.9. The van der Waals surface area contributed by atoms with E-state index in [1.165, 1.54) is 19.2 Å². The molecule has 3 heterocycles. The van der Waals surface area contributed by atoms with Crippen molar-refractivity contribution in [2.75, 3.05) is 18.6 Å². The molecule has 0 fully saturated rings. The first kappa shape index (κ1) is 19.3. The van der Waals surface area contributed by atoms with Gasteiger partial charge in [0.1, 0.15) is 17.6 Å². The quantitative estimate of drug-likeness (QED) is 0.576. The maximum Gasteiger partial charge on any atom is 0.227 e. The Hall–Kier alpha value is -2.99. The standard InChI is InChI=1S/C20H13Cl2FN4O2/c1-29-20-17-12(10-28)8-27(9-16-14(22)3-2-6-24-16)19(17)25-18(26-20)11-4-5-13(21)15(23)7-11/h2-7H,8-9H2,1H3. The Bertz CT molecular complexity index is 1170. The van der Waals surface area contributed by atoms with Gasteiger partial charge in [-0.2, -0.15) is 4.98 Å². The van der Waals surface area contributed by atoms with E-state index in [1.807, 2.05) is 10.8 Å². The Morgan fingerprint density at radius 2 is 2.07 bits per heavy atom. The molecule has 0 bridgehead atoms. The minimum absolute atomic E-state index is 0.000491. The van der Waals surface area contributed by atoms with Crippen molar-refractivity contribution >= 4 is 40.5 Å². The molecule has 6 nitrogen and oxygen atoms in total. The molecule has 0 amide bonds. The summed E-state index contributed by atoms with van der Waals surface area (Å²) in [4.78, 5) is 26.6. The van der Waals surface area contributed by atoms with Crippen LogP contribution >= 0.6 is 23.2 Å². The first-order valence-corrected chi connectivity index (χ1v) is 9.27. The predicted octanol–water partition coefficient (Wildman–Crippen LogP) is 4.23. The Morgan fingerprint density at radius 3 is 2.76 bits per heavy atom. The molecule has 1 aromatic carbocycles. The number of halogens is 3. The van der Waals surface area contributed by atoms with Crippen molar-refractivity contribution in [1.82, 2.24) is 15.0 Å². The van der Waals surface area contributed by atoms with E-state index in [2.05, 4.69) is 15.0 Å². The summed E-state index contributed by atoms with van der Waals surface area (Å²) in [5.74, 6) is 2.25. The van der Waals surface area contributed by atoms with E-state index >= 15 is 0 Å². The Labute approximate surface area is 175 Å². The minimum Gasteiger partial charge on any atom is -0.480 e. The van der Waals surface area contributed by atoms with Crippen molar-refractivity contribution in [3.63, 3.8) is 0 Å². The summed E-state index contributed by atoms with van der Waals surface area (Å²) in [5, 5.41) is 0.498. The summed E-state index contributed by atoms with van der Waals surface area (Å²) in [6, 6.07) is 7.75. The SMILES string of the molecule is COc1nc(-c2ccc(Cl)c(F)c2)nc2c1C(=C=O)CN2Cc1ncccc1Cl. The summed E-state index contributed by atoms with van der Waals surface area (Å²) in [6.45, 7) is 0.557. The molecular weight excluding hydrogens is 418 g/mol. The minimum atomic E-state index is -0.585. The number of hydrogen-bond donors (Lipinski definition) is 0. The molecule has 9 heteroatoms. The number of rotatable bonds is 4. The molecule has 0 unspecified atom stereocenters. The highest BCUT2D eigenvalue weighted by Gasteiger charge is 2.32. The van der Waals surface area contributed by atoms with Crippen LogP contribution in [0.5, 0.6) is 5.88 Å². The van der Waals surface area contributed by atoms with Crippen molar-refractivity contribution in [3.8, 4) is 17.3 Å². The molecule has 0 aliphatic carbocycles. The second-order valence-corrected chi connectivity index (χ2v) is 7.07. The Morgan fingerprint density at radius 1 is 1.24 bits per heavy atom. The Kier molecular flexibility index (Phi) is 5.20. The van der Waals surface area contributed by atoms with Crippen molar-refractivity contribution in [2.24, 2.45) is 0 Å². The van der Waals surface area contributed by atoms with Crippen molar-refractivity contribution in [1.29, 1.82) is 0 Å². The number of anilines is 1. The highest BCUT2D eigenvalue weighted by Crippen LogP contribution is 2.40. The molecule has 1 aliphatic heterocycles. The number of hydrogen-bond acceptors (Lipinski definition) is 6. The number of carbonyl (C=O) groups excluding carboxylic acids is 1. The first-order chi connectivity index (χ1) is 14.0. The number of aromatic nitrogens is 3. The average molecular weight is 431 g/mol. The van der Waals surface area contributed by atoms with Gasteiger partial charge < -0.3 is 9.64 Å². The second kappa shape index (κ2) is 7.79. The van der Waals surface area contributed by atoms with Gasteiger partial charge in [-0.3, -0.25) is 4.98 Å². The molecule has 29 heavy (non-hydrogen) atoms. The molecule has 0 saturated carbocycles. The van der Waals surface area contributed by atoms with Crippen LogP contribution in [-0.4, -0.2) is 34.5 Å². The number of nitrogens with zero attached hydrogens (tertiary/aromatic N) is 4. The molecule has 0 saturated heterocycles. The van der Waals surface area contributed by atoms with E-state index in [0.29, 0.717) is 39.8 Å². The fraction of sp³-hybridized carbons (Fsp3) is 0.150. The van der Waals surface area contributed by atoms with Gasteiger partial charge in [-0.1, -0.05) is 23.2 Å². The van der Waals surface area contributed by atoms with Gasteiger partial charge in [0.15, 0.2) is 5.82 Å². The second-order valence-electron chi connectivity index (χ2n) is 6.25. The third kappa shape index (κ3) is 3.56. The predicted molar refractivity (Wildman–Crippen MR) is 108 cm³/mol. The van der Waals surface area contributed by atoms with E-state index in [4.69, 9.17) is 27.9 Å². The van der Waals surface area contributed by atoms with Gasteiger partial charge in [-0.05, 0) is 30.3 Å². The number of ether oxygens (including phenoxy) is 1. The Balaban J connectivity index is 1.84. The molecule has 1 aliphatic rings. The van der Waals surface area contributed by atoms with Crippen molar-refractivity contribution in [2.45, 2.75) is 6.54 Å². The molecule has 0 radical (unpaired) electrons. The lowest BCUT2D eigenvalue weighted by molar-refractivity contribution is 0.396. The summed E-state index contributed by atoms with van der Waals surface area (Å²) >= 11 is 12.0. The van der Waals surface area contributed by atoms with E-state index < -0.39 is 5.82 Å². The number of pyridine rings is 1. The van der Waals surface area contributed by atoms with Gasteiger partial charge in [0.05, 0.1) is 47.1 Å². The zero-order chi connectivity index (χ0) is 20.5. The lowest BCUT2D eigenvalue weighted by Gasteiger charge is -2.18. The molecule has 3 aromatic rings. The number of benzene rings is 1. The first-order valence-electron chi connectivity index (χ1n) is 8.52. The van der Waals surface area contributed by atoms with Gasteiger partial charge in [-0.25, -0.2) is 14.2 Å². The third-order valence-electron chi connectivity index (χ3n) is 4.48. The van der Waals surface area contributed by atoms with E-state index in [1.54, 1.807) is 24.4 Å². The van der Waals surface area contributed by atoms with Crippen LogP contribution in [0.3, 0.4) is 0 Å². The largest absolute Gasteiger partial charge is 0.480 e. The van der Waals surface area contributed by atoms with Crippen molar-refractivity contribution in [3.05, 3.63) is 63.6 Å². The number of fused-ring (bicyclic) bond motifs is 1. The molecule has 4 rings (SSSR count). The smallest absolute Gasteiger partial charge is 0.227 e. The molecule has 0 spiro atoms. The third-order valence-corrected chi connectivity index (χ3v) is 5.13. The van der Waals surface area contributed by atoms with Crippen LogP contribution in [0.25, 0.3) is 17.0 Å². The van der Waals surface area contributed by atoms with Crippen LogP contribution < -0.4 is 9.64 Å². The zero-order valence-electron chi connectivity index (χ0n) is 15.1. The summed E-state index contributed by atoms with van der Waals surface area (Å²) in [6.07, 6.45) is 1.64. The highest BCUT2D eigenvalue weighted by atomic mass is 35.5. The lowest BCUT2D eigenvalue weighted by Crippen LogP contribution is -2.21. The van der Waals surface area contributed by atoms with Gasteiger partial charge in [0.2, 0.25) is 5.88 Å². The fourth-order valence-electron chi connectivity index (χ4n) is 3.11. The monoisotopic (exact) mass is 430 g/mol. The van der Waals surface area contributed by atoms with Crippen LogP contribution in [0, 0.1) is 5.82 Å². The van der Waals surface area contributed by atoms with Crippen molar-refractivity contribution < 1.29 is 13.9 Å². The van der Waals surface area contributed by atoms with Gasteiger partial charge in [0.25, 0.3) is 0 Å². The molecule has 0 N–H and O–H groups in total. The van der Waals surface area contributed by atoms with Crippen LogP contribution in [0.4, 0.5) is 10.2 Å². The number of methoxy groups -OCH3 is 1. The molecule has 0 atom stereocenters.